The molecule has 1 atom stereocenters. The van der Waals surface area contributed by atoms with Crippen molar-refractivity contribution in [3.63, 3.8) is 0 Å². The first-order valence-corrected chi connectivity index (χ1v) is 9.44. The zero-order valence-corrected chi connectivity index (χ0v) is 17.1. The molecular formula is C20H22BrN5O. The summed E-state index contributed by atoms with van der Waals surface area (Å²) >= 11 is 3.49. The fraction of sp³-hybridized carbons (Fsp3) is 0.250. The summed E-state index contributed by atoms with van der Waals surface area (Å²) in [6, 6.07) is 14.1. The van der Waals surface area contributed by atoms with E-state index in [-0.39, 0.29) is 11.9 Å². The summed E-state index contributed by atoms with van der Waals surface area (Å²) in [5, 5.41) is 7.08. The van der Waals surface area contributed by atoms with Gasteiger partial charge >= 0.3 is 0 Å². The Morgan fingerprint density at radius 1 is 1.26 bits per heavy atom. The van der Waals surface area contributed by atoms with Gasteiger partial charge in [-0.25, -0.2) is 9.67 Å². The maximum atomic E-state index is 12.4. The molecule has 0 aliphatic rings. The van der Waals surface area contributed by atoms with Crippen molar-refractivity contribution in [1.29, 1.82) is 0 Å². The number of aryl methyl sites for hydroxylation is 1. The summed E-state index contributed by atoms with van der Waals surface area (Å²) in [5.74, 6) is -0.0480. The molecule has 27 heavy (non-hydrogen) atoms. The molecule has 3 rings (SSSR count). The lowest BCUT2D eigenvalue weighted by molar-refractivity contribution is -0.117. The molecule has 0 radical (unpaired) electrons. The number of hydrogen-bond donors (Lipinski definition) is 1. The zero-order valence-electron chi connectivity index (χ0n) is 15.6. The van der Waals surface area contributed by atoms with E-state index in [4.69, 9.17) is 0 Å². The fourth-order valence-corrected chi connectivity index (χ4v) is 3.37. The molecule has 0 fully saturated rings. The SMILES string of the molecule is Cc1ccc(NC(=O)CN(C)[C@@H](C)c2ccc(-n3cncn3)cc2)c(Br)c1. The molecule has 1 aromatic heterocycles. The Balaban J connectivity index is 1.61. The minimum atomic E-state index is -0.0480. The average molecular weight is 428 g/mol. The molecule has 0 bridgehead atoms. The van der Waals surface area contributed by atoms with E-state index in [0.717, 1.165) is 27.0 Å². The molecule has 6 nitrogen and oxygen atoms in total. The Morgan fingerprint density at radius 2 is 2.00 bits per heavy atom. The normalized spacial score (nSPS) is 12.2. The lowest BCUT2D eigenvalue weighted by Crippen LogP contribution is -2.32. The topological polar surface area (TPSA) is 63.1 Å². The standard InChI is InChI=1S/C20H22BrN5O/c1-14-4-9-19(18(21)10-14)24-20(27)11-25(3)15(2)16-5-7-17(8-6-16)26-13-22-12-23-26/h4-10,12-13,15H,11H2,1-3H3,(H,24,27)/t15-/m0/s1. The molecule has 0 saturated heterocycles. The van der Waals surface area contributed by atoms with E-state index in [1.807, 2.05) is 61.3 Å². The lowest BCUT2D eigenvalue weighted by atomic mass is 10.1. The number of nitrogens with one attached hydrogen (secondary N) is 1. The van der Waals surface area contributed by atoms with Crippen LogP contribution in [0.5, 0.6) is 0 Å². The van der Waals surface area contributed by atoms with Gasteiger partial charge in [0, 0.05) is 10.5 Å². The molecular weight excluding hydrogens is 406 g/mol. The van der Waals surface area contributed by atoms with Gasteiger partial charge in [0.1, 0.15) is 12.7 Å². The predicted molar refractivity (Wildman–Crippen MR) is 110 cm³/mol. The van der Waals surface area contributed by atoms with Crippen molar-refractivity contribution in [2.75, 3.05) is 18.9 Å². The molecule has 140 valence electrons. The van der Waals surface area contributed by atoms with E-state index in [1.165, 1.54) is 6.33 Å². The molecule has 1 N–H and O–H groups in total. The van der Waals surface area contributed by atoms with Crippen LogP contribution in [-0.4, -0.2) is 39.2 Å². The first-order chi connectivity index (χ1) is 12.9. The number of aromatic nitrogens is 3. The maximum Gasteiger partial charge on any atom is 0.238 e. The summed E-state index contributed by atoms with van der Waals surface area (Å²) in [7, 11) is 1.94. The Morgan fingerprint density at radius 3 is 2.63 bits per heavy atom. The number of anilines is 1. The van der Waals surface area contributed by atoms with Gasteiger partial charge in [-0.15, -0.1) is 0 Å². The van der Waals surface area contributed by atoms with E-state index in [2.05, 4.69) is 38.3 Å². The van der Waals surface area contributed by atoms with Gasteiger partial charge in [-0.2, -0.15) is 5.10 Å². The van der Waals surface area contributed by atoms with E-state index in [1.54, 1.807) is 11.0 Å². The number of hydrogen-bond acceptors (Lipinski definition) is 4. The van der Waals surface area contributed by atoms with Crippen molar-refractivity contribution in [2.45, 2.75) is 19.9 Å². The highest BCUT2D eigenvalue weighted by molar-refractivity contribution is 9.10. The summed E-state index contributed by atoms with van der Waals surface area (Å²) in [4.78, 5) is 18.4. The fourth-order valence-electron chi connectivity index (χ4n) is 2.78. The number of benzene rings is 2. The average Bonchev–Trinajstić information content (AvgIpc) is 3.18. The highest BCUT2D eigenvalue weighted by atomic mass is 79.9. The lowest BCUT2D eigenvalue weighted by Gasteiger charge is -2.24. The highest BCUT2D eigenvalue weighted by Crippen LogP contribution is 2.24. The van der Waals surface area contributed by atoms with Crippen LogP contribution in [0.15, 0.2) is 59.6 Å². The van der Waals surface area contributed by atoms with Crippen molar-refractivity contribution >= 4 is 27.5 Å². The van der Waals surface area contributed by atoms with Gasteiger partial charge in [0.05, 0.1) is 17.9 Å². The smallest absolute Gasteiger partial charge is 0.238 e. The van der Waals surface area contributed by atoms with Crippen LogP contribution in [0.25, 0.3) is 5.69 Å². The number of nitrogens with zero attached hydrogens (tertiary/aromatic N) is 4. The van der Waals surface area contributed by atoms with Gasteiger partial charge < -0.3 is 5.32 Å². The molecule has 7 heteroatoms. The maximum absolute atomic E-state index is 12.4. The second-order valence-corrected chi connectivity index (χ2v) is 7.41. The Labute approximate surface area is 167 Å². The van der Waals surface area contributed by atoms with Crippen LogP contribution < -0.4 is 5.32 Å². The molecule has 0 spiro atoms. The molecule has 0 saturated carbocycles. The molecule has 1 heterocycles. The van der Waals surface area contributed by atoms with Gasteiger partial charge in [-0.3, -0.25) is 9.69 Å². The van der Waals surface area contributed by atoms with Gasteiger partial charge in [-0.1, -0.05) is 18.2 Å². The summed E-state index contributed by atoms with van der Waals surface area (Å²) in [6.45, 7) is 4.39. The number of rotatable bonds is 6. The molecule has 0 aliphatic heterocycles. The third-order valence-corrected chi connectivity index (χ3v) is 5.17. The second kappa shape index (κ2) is 8.45. The predicted octanol–water partition coefficient (Wildman–Crippen LogP) is 3.97. The van der Waals surface area contributed by atoms with Crippen molar-refractivity contribution < 1.29 is 4.79 Å². The monoisotopic (exact) mass is 427 g/mol. The minimum Gasteiger partial charge on any atom is -0.324 e. The van der Waals surface area contributed by atoms with Crippen LogP contribution in [0.2, 0.25) is 0 Å². The van der Waals surface area contributed by atoms with Crippen LogP contribution in [0.4, 0.5) is 5.69 Å². The van der Waals surface area contributed by atoms with Crippen molar-refractivity contribution in [1.82, 2.24) is 19.7 Å². The van der Waals surface area contributed by atoms with Crippen LogP contribution in [0.3, 0.4) is 0 Å². The molecule has 1 amide bonds. The van der Waals surface area contributed by atoms with Gasteiger partial charge in [0.2, 0.25) is 5.91 Å². The Hall–Kier alpha value is -2.51. The summed E-state index contributed by atoms with van der Waals surface area (Å²) < 4.78 is 2.60. The van der Waals surface area contributed by atoms with Crippen molar-refractivity contribution in [2.24, 2.45) is 0 Å². The quantitative estimate of drug-likeness (QED) is 0.646. The molecule has 3 aromatic rings. The van der Waals surface area contributed by atoms with Gasteiger partial charge in [-0.05, 0) is 72.2 Å². The summed E-state index contributed by atoms with van der Waals surface area (Å²) in [6.07, 6.45) is 3.17. The van der Waals surface area contributed by atoms with E-state index >= 15 is 0 Å². The number of carbonyl (C=O) groups excluding carboxylic acids is 1. The first kappa shape index (κ1) is 19.3. The van der Waals surface area contributed by atoms with Gasteiger partial charge in [0.15, 0.2) is 0 Å². The third-order valence-electron chi connectivity index (χ3n) is 4.51. The van der Waals surface area contributed by atoms with Crippen molar-refractivity contribution in [3.8, 4) is 5.69 Å². The molecule has 0 unspecified atom stereocenters. The summed E-state index contributed by atoms with van der Waals surface area (Å²) in [5.41, 5.74) is 4.00. The first-order valence-electron chi connectivity index (χ1n) is 8.65. The number of halogens is 1. The van der Waals surface area contributed by atoms with E-state index < -0.39 is 0 Å². The van der Waals surface area contributed by atoms with Crippen molar-refractivity contribution in [3.05, 3.63) is 70.7 Å². The number of amides is 1. The number of carbonyl (C=O) groups is 1. The zero-order chi connectivity index (χ0) is 19.4. The largest absolute Gasteiger partial charge is 0.324 e. The van der Waals surface area contributed by atoms with E-state index in [9.17, 15) is 4.79 Å². The van der Waals surface area contributed by atoms with Crippen LogP contribution in [0.1, 0.15) is 24.1 Å². The Kier molecular flexibility index (Phi) is 6.03. The van der Waals surface area contributed by atoms with Gasteiger partial charge in [0.25, 0.3) is 0 Å². The Bertz CT molecular complexity index is 909. The van der Waals surface area contributed by atoms with E-state index in [0.29, 0.717) is 6.54 Å². The van der Waals surface area contributed by atoms with Crippen LogP contribution in [-0.2, 0) is 4.79 Å². The van der Waals surface area contributed by atoms with Crippen LogP contribution in [0, 0.1) is 6.92 Å². The third kappa shape index (κ3) is 4.81. The highest BCUT2D eigenvalue weighted by Gasteiger charge is 2.16. The molecule has 2 aromatic carbocycles. The van der Waals surface area contributed by atoms with Crippen LogP contribution >= 0.6 is 15.9 Å². The number of likely N-dealkylation sites (N-methyl/N-ethyl adjacent to an activating group) is 1. The minimum absolute atomic E-state index is 0.0480. The molecule has 0 aliphatic carbocycles. The second-order valence-electron chi connectivity index (χ2n) is 6.55.